The second-order valence-corrected chi connectivity index (χ2v) is 10.1. The van der Waals surface area contributed by atoms with Crippen molar-refractivity contribution in [2.45, 2.75) is 50.5 Å². The van der Waals surface area contributed by atoms with Gasteiger partial charge in [-0.2, -0.15) is 5.10 Å². The second-order valence-electron chi connectivity index (χ2n) is 9.70. The fourth-order valence-electron chi connectivity index (χ4n) is 6.89. The molecular weight excluding hydrogens is 418 g/mol. The van der Waals surface area contributed by atoms with Gasteiger partial charge < -0.3 is 15.2 Å². The van der Waals surface area contributed by atoms with Gasteiger partial charge in [0, 0.05) is 11.8 Å². The maximum Gasteiger partial charge on any atom is 0.303 e. The fourth-order valence-corrected chi connectivity index (χ4v) is 7.07. The van der Waals surface area contributed by atoms with Crippen LogP contribution in [0.15, 0.2) is 35.3 Å². The minimum atomic E-state index is -0.756. The van der Waals surface area contributed by atoms with Gasteiger partial charge in [0.1, 0.15) is 10.8 Å². The molecule has 2 N–H and O–H groups in total. The van der Waals surface area contributed by atoms with Crippen LogP contribution >= 0.6 is 11.6 Å². The Hall–Kier alpha value is -2.54. The SMILES string of the molecule is COc1cccc(Nc2cnn(C34C[C@@H]5C[C@@H](CC(CC(=O)O)(C5)C3)C4)c(=O)c2Cl)c1. The van der Waals surface area contributed by atoms with Gasteiger partial charge in [0.25, 0.3) is 5.56 Å². The Kier molecular flexibility index (Phi) is 4.77. The minimum absolute atomic E-state index is 0.0980. The van der Waals surface area contributed by atoms with Crippen LogP contribution in [0, 0.1) is 17.3 Å². The van der Waals surface area contributed by atoms with Crippen LogP contribution in [0.1, 0.15) is 44.9 Å². The Morgan fingerprint density at radius 1 is 1.32 bits per heavy atom. The Morgan fingerprint density at radius 2 is 2.06 bits per heavy atom. The fraction of sp³-hybridized carbons (Fsp3) is 0.522. The third-order valence-corrected chi connectivity index (χ3v) is 7.76. The zero-order valence-corrected chi connectivity index (χ0v) is 18.2. The van der Waals surface area contributed by atoms with E-state index in [0.717, 1.165) is 37.8 Å². The Balaban J connectivity index is 1.49. The summed E-state index contributed by atoms with van der Waals surface area (Å²) in [5.41, 5.74) is 0.203. The summed E-state index contributed by atoms with van der Waals surface area (Å²) < 4.78 is 6.81. The number of carboxylic acids is 1. The van der Waals surface area contributed by atoms with Gasteiger partial charge in [-0.1, -0.05) is 17.7 Å². The molecule has 1 aromatic heterocycles. The third kappa shape index (κ3) is 3.49. The standard InChI is InChI=1S/C23H26ClN3O4/c1-31-17-4-2-3-16(6-17)26-18-12-25-27(21(30)20(18)24)23-9-14-5-15(10-23)8-22(7-14,13-23)11-19(28)29/h2-4,6,12,14-15,26H,5,7-11,13H2,1H3,(H,28,29)/t14-,15+,22?,23?. The number of halogens is 1. The van der Waals surface area contributed by atoms with E-state index in [-0.39, 0.29) is 22.4 Å². The molecule has 0 spiro atoms. The van der Waals surface area contributed by atoms with Crippen LogP contribution < -0.4 is 15.6 Å². The predicted molar refractivity (Wildman–Crippen MR) is 117 cm³/mol. The molecule has 2 aromatic rings. The Labute approximate surface area is 185 Å². The molecule has 7 nitrogen and oxygen atoms in total. The number of nitrogens with one attached hydrogen (secondary N) is 1. The maximum atomic E-state index is 13.3. The van der Waals surface area contributed by atoms with Crippen molar-refractivity contribution in [3.05, 3.63) is 45.8 Å². The molecule has 4 aliphatic rings. The van der Waals surface area contributed by atoms with Crippen molar-refractivity contribution in [3.8, 4) is 5.75 Å². The summed E-state index contributed by atoms with van der Waals surface area (Å²) in [7, 11) is 1.59. The molecule has 1 aromatic carbocycles. The number of aromatic nitrogens is 2. The molecule has 8 heteroatoms. The van der Waals surface area contributed by atoms with E-state index in [9.17, 15) is 14.7 Å². The van der Waals surface area contributed by atoms with Crippen LogP contribution in [0.5, 0.6) is 5.75 Å². The summed E-state index contributed by atoms with van der Waals surface area (Å²) in [6, 6.07) is 7.36. The molecule has 31 heavy (non-hydrogen) atoms. The van der Waals surface area contributed by atoms with E-state index in [1.807, 2.05) is 24.3 Å². The predicted octanol–water partition coefficient (Wildman–Crippen LogP) is 4.42. The van der Waals surface area contributed by atoms with E-state index < -0.39 is 11.5 Å². The molecule has 4 aliphatic carbocycles. The number of carboxylic acid groups (broad SMARTS) is 1. The van der Waals surface area contributed by atoms with Gasteiger partial charge in [-0.3, -0.25) is 9.59 Å². The zero-order chi connectivity index (χ0) is 21.8. The number of methoxy groups -OCH3 is 1. The number of carbonyl (C=O) groups is 1. The van der Waals surface area contributed by atoms with Crippen molar-refractivity contribution in [3.63, 3.8) is 0 Å². The van der Waals surface area contributed by atoms with Crippen molar-refractivity contribution in [1.29, 1.82) is 0 Å². The molecule has 0 saturated heterocycles. The highest BCUT2D eigenvalue weighted by molar-refractivity contribution is 6.33. The minimum Gasteiger partial charge on any atom is -0.497 e. The summed E-state index contributed by atoms with van der Waals surface area (Å²) in [6.07, 6.45) is 7.20. The van der Waals surface area contributed by atoms with Gasteiger partial charge in [-0.25, -0.2) is 4.68 Å². The van der Waals surface area contributed by atoms with E-state index >= 15 is 0 Å². The van der Waals surface area contributed by atoms with Crippen LogP contribution in [0.2, 0.25) is 5.02 Å². The lowest BCUT2D eigenvalue weighted by atomic mass is 9.46. The monoisotopic (exact) mass is 443 g/mol. The van der Waals surface area contributed by atoms with Crippen molar-refractivity contribution < 1.29 is 14.6 Å². The molecule has 4 atom stereocenters. The smallest absolute Gasteiger partial charge is 0.303 e. The number of benzene rings is 1. The first-order valence-electron chi connectivity index (χ1n) is 10.7. The Bertz CT molecular complexity index is 1080. The molecule has 1 heterocycles. The average molecular weight is 444 g/mol. The lowest BCUT2D eigenvalue weighted by Gasteiger charge is -2.61. The van der Waals surface area contributed by atoms with Gasteiger partial charge >= 0.3 is 5.97 Å². The van der Waals surface area contributed by atoms with Crippen LogP contribution in [0.3, 0.4) is 0 Å². The van der Waals surface area contributed by atoms with E-state index in [1.54, 1.807) is 18.0 Å². The van der Waals surface area contributed by atoms with Gasteiger partial charge in [0.05, 0.1) is 31.0 Å². The van der Waals surface area contributed by atoms with Crippen LogP contribution in [-0.4, -0.2) is 28.0 Å². The van der Waals surface area contributed by atoms with E-state index in [0.29, 0.717) is 29.7 Å². The van der Waals surface area contributed by atoms with Crippen molar-refractivity contribution >= 4 is 28.9 Å². The highest BCUT2D eigenvalue weighted by Gasteiger charge is 2.59. The van der Waals surface area contributed by atoms with Crippen molar-refractivity contribution in [1.82, 2.24) is 9.78 Å². The number of hydrogen-bond donors (Lipinski definition) is 2. The van der Waals surface area contributed by atoms with Gasteiger partial charge in [-0.05, 0) is 67.9 Å². The molecule has 0 aliphatic heterocycles. The van der Waals surface area contributed by atoms with Gasteiger partial charge in [-0.15, -0.1) is 0 Å². The largest absolute Gasteiger partial charge is 0.497 e. The zero-order valence-electron chi connectivity index (χ0n) is 17.4. The number of rotatable bonds is 6. The van der Waals surface area contributed by atoms with E-state index in [4.69, 9.17) is 16.3 Å². The van der Waals surface area contributed by atoms with E-state index in [2.05, 4.69) is 10.4 Å². The first-order chi connectivity index (χ1) is 14.8. The first-order valence-corrected chi connectivity index (χ1v) is 11.1. The molecule has 164 valence electrons. The second kappa shape index (κ2) is 7.26. The molecule has 0 amide bonds. The quantitative estimate of drug-likeness (QED) is 0.686. The van der Waals surface area contributed by atoms with Crippen LogP contribution in [0.25, 0.3) is 0 Å². The van der Waals surface area contributed by atoms with Gasteiger partial charge in [0.15, 0.2) is 0 Å². The third-order valence-electron chi connectivity index (χ3n) is 7.39. The number of hydrogen-bond acceptors (Lipinski definition) is 5. The lowest BCUT2D eigenvalue weighted by molar-refractivity contribution is -0.151. The summed E-state index contributed by atoms with van der Waals surface area (Å²) in [5, 5.41) is 17.3. The Morgan fingerprint density at radius 3 is 2.74 bits per heavy atom. The number of anilines is 2. The summed E-state index contributed by atoms with van der Waals surface area (Å²) in [5.74, 6) is 0.832. The molecule has 2 unspecified atom stereocenters. The van der Waals surface area contributed by atoms with Crippen LogP contribution in [-0.2, 0) is 10.3 Å². The van der Waals surface area contributed by atoms with Crippen molar-refractivity contribution in [2.24, 2.45) is 17.3 Å². The highest BCUT2D eigenvalue weighted by atomic mass is 35.5. The van der Waals surface area contributed by atoms with E-state index in [1.165, 1.54) is 0 Å². The molecule has 4 bridgehead atoms. The normalized spacial score (nSPS) is 30.9. The highest BCUT2D eigenvalue weighted by Crippen LogP contribution is 2.65. The number of aliphatic carboxylic acids is 1. The topological polar surface area (TPSA) is 93.4 Å². The number of nitrogens with zero attached hydrogens (tertiary/aromatic N) is 2. The molecule has 4 fully saturated rings. The molecule has 0 radical (unpaired) electrons. The molecular formula is C23H26ClN3O4. The van der Waals surface area contributed by atoms with Crippen LogP contribution in [0.4, 0.5) is 11.4 Å². The molecule has 6 rings (SSSR count). The first kappa shape index (κ1) is 20.4. The maximum absolute atomic E-state index is 13.3. The average Bonchev–Trinajstić information content (AvgIpc) is 2.69. The molecule has 4 saturated carbocycles. The van der Waals surface area contributed by atoms with Gasteiger partial charge in [0.2, 0.25) is 0 Å². The number of ether oxygens (including phenoxy) is 1. The summed E-state index contributed by atoms with van der Waals surface area (Å²) in [4.78, 5) is 24.9. The lowest BCUT2D eigenvalue weighted by Crippen LogP contribution is -2.59. The summed E-state index contributed by atoms with van der Waals surface area (Å²) >= 11 is 6.52. The summed E-state index contributed by atoms with van der Waals surface area (Å²) in [6.45, 7) is 0. The van der Waals surface area contributed by atoms with Crippen molar-refractivity contribution in [2.75, 3.05) is 12.4 Å².